The molecule has 1 unspecified atom stereocenters. The topological polar surface area (TPSA) is 119 Å². The number of nitrogens with two attached hydrogens (primary N) is 1. The first-order valence-electron chi connectivity index (χ1n) is 6.27. The summed E-state index contributed by atoms with van der Waals surface area (Å²) < 4.78 is 4.42. The molecule has 0 aliphatic rings. The summed E-state index contributed by atoms with van der Waals surface area (Å²) in [5.74, 6) is -2.22. The molecule has 0 aliphatic carbocycles. The lowest BCUT2D eigenvalue weighted by Gasteiger charge is -2.17. The molecule has 0 saturated heterocycles. The van der Waals surface area contributed by atoms with Crippen LogP contribution in [0, 0.1) is 0 Å². The van der Waals surface area contributed by atoms with E-state index in [0.29, 0.717) is 6.42 Å². The first-order chi connectivity index (χ1) is 8.92. The van der Waals surface area contributed by atoms with E-state index in [1.54, 1.807) is 0 Å². The minimum atomic E-state index is -1.19. The second kappa shape index (κ2) is 9.32. The van der Waals surface area contributed by atoms with Gasteiger partial charge >= 0.3 is 11.9 Å². The van der Waals surface area contributed by atoms with Gasteiger partial charge in [-0.25, -0.2) is 4.79 Å². The van der Waals surface area contributed by atoms with E-state index in [2.05, 4.69) is 10.1 Å². The molecule has 0 radical (unpaired) electrons. The third-order valence-corrected chi connectivity index (χ3v) is 2.68. The van der Waals surface area contributed by atoms with Crippen molar-refractivity contribution in [3.8, 4) is 0 Å². The van der Waals surface area contributed by atoms with E-state index in [1.807, 2.05) is 6.92 Å². The summed E-state index contributed by atoms with van der Waals surface area (Å²) in [7, 11) is 1.22. The zero-order chi connectivity index (χ0) is 14.8. The fraction of sp³-hybridized carbons (Fsp3) is 0.750. The second-order valence-electron chi connectivity index (χ2n) is 4.26. The minimum absolute atomic E-state index is 0.0196. The van der Waals surface area contributed by atoms with Crippen molar-refractivity contribution in [1.29, 1.82) is 0 Å². The lowest BCUT2D eigenvalue weighted by atomic mass is 10.1. The van der Waals surface area contributed by atoms with Gasteiger partial charge in [0.1, 0.15) is 6.04 Å². The van der Waals surface area contributed by atoms with E-state index in [4.69, 9.17) is 10.8 Å². The maximum Gasteiger partial charge on any atom is 0.326 e. The van der Waals surface area contributed by atoms with Crippen molar-refractivity contribution in [1.82, 2.24) is 5.32 Å². The molecule has 0 fully saturated rings. The van der Waals surface area contributed by atoms with Crippen LogP contribution in [0.25, 0.3) is 0 Å². The molecule has 0 aromatic heterocycles. The molecule has 0 spiro atoms. The molecule has 0 aliphatic heterocycles. The van der Waals surface area contributed by atoms with Gasteiger partial charge in [0.25, 0.3) is 0 Å². The van der Waals surface area contributed by atoms with Gasteiger partial charge in [0.2, 0.25) is 5.91 Å². The van der Waals surface area contributed by atoms with Crippen LogP contribution in [0.15, 0.2) is 0 Å². The van der Waals surface area contributed by atoms with Crippen molar-refractivity contribution in [2.75, 3.05) is 7.11 Å². The van der Waals surface area contributed by atoms with Crippen molar-refractivity contribution >= 4 is 17.8 Å². The van der Waals surface area contributed by atoms with Crippen molar-refractivity contribution in [3.05, 3.63) is 0 Å². The van der Waals surface area contributed by atoms with E-state index in [1.165, 1.54) is 7.11 Å². The predicted octanol–water partition coefficient (Wildman–Crippen LogP) is 0.0265. The number of unbranched alkanes of at least 4 members (excludes halogenated alkanes) is 1. The number of aliphatic carboxylic acids is 1. The van der Waals surface area contributed by atoms with Gasteiger partial charge < -0.3 is 20.9 Å². The first-order valence-corrected chi connectivity index (χ1v) is 6.27. The lowest BCUT2D eigenvalue weighted by molar-refractivity contribution is -0.144. The molecule has 7 nitrogen and oxygen atoms in total. The van der Waals surface area contributed by atoms with Gasteiger partial charge in [0, 0.05) is 6.42 Å². The Labute approximate surface area is 112 Å². The smallest absolute Gasteiger partial charge is 0.326 e. The van der Waals surface area contributed by atoms with Gasteiger partial charge in [0.15, 0.2) is 0 Å². The fourth-order valence-corrected chi connectivity index (χ4v) is 1.46. The first kappa shape index (κ1) is 17.4. The number of rotatable bonds is 9. The highest BCUT2D eigenvalue weighted by Crippen LogP contribution is 2.02. The Bertz CT molecular complexity index is 319. The van der Waals surface area contributed by atoms with E-state index in [0.717, 1.165) is 12.8 Å². The molecule has 0 rings (SSSR count). The minimum Gasteiger partial charge on any atom is -0.480 e. The summed E-state index contributed by atoms with van der Waals surface area (Å²) in [6.45, 7) is 1.97. The molecule has 0 saturated carbocycles. The Morgan fingerprint density at radius 2 is 1.95 bits per heavy atom. The molecule has 4 N–H and O–H groups in total. The largest absolute Gasteiger partial charge is 0.480 e. The molecule has 0 aromatic carbocycles. The van der Waals surface area contributed by atoms with Crippen molar-refractivity contribution in [2.45, 2.75) is 51.1 Å². The van der Waals surface area contributed by atoms with Crippen LogP contribution < -0.4 is 11.1 Å². The van der Waals surface area contributed by atoms with Crippen LogP contribution >= 0.6 is 0 Å². The number of carboxylic acid groups (broad SMARTS) is 1. The number of carbonyl (C=O) groups is 3. The summed E-state index contributed by atoms with van der Waals surface area (Å²) in [6, 6.07) is -1.85. The highest BCUT2D eigenvalue weighted by atomic mass is 16.5. The standard InChI is InChI=1S/C12H22N2O5/c1-3-4-5-8(13)11(16)14-9(12(17)18)6-7-10(15)19-2/h8-9H,3-7,13H2,1-2H3,(H,14,16)(H,17,18)/t8?,9-/m0/s1. The van der Waals surface area contributed by atoms with Crippen LogP contribution in [-0.2, 0) is 19.1 Å². The maximum atomic E-state index is 11.7. The number of nitrogens with one attached hydrogen (secondary N) is 1. The normalized spacial score (nSPS) is 13.4. The molecular formula is C12H22N2O5. The van der Waals surface area contributed by atoms with Gasteiger partial charge in [0.05, 0.1) is 13.2 Å². The number of esters is 1. The summed E-state index contributed by atoms with van der Waals surface area (Å²) in [6.07, 6.45) is 2.12. The fourth-order valence-electron chi connectivity index (χ4n) is 1.46. The molecule has 0 aromatic rings. The quantitative estimate of drug-likeness (QED) is 0.510. The van der Waals surface area contributed by atoms with Gasteiger partial charge in [-0.1, -0.05) is 19.8 Å². The molecular weight excluding hydrogens is 252 g/mol. The second-order valence-corrected chi connectivity index (χ2v) is 4.26. The third-order valence-electron chi connectivity index (χ3n) is 2.68. The van der Waals surface area contributed by atoms with Crippen LogP contribution in [0.5, 0.6) is 0 Å². The number of methoxy groups -OCH3 is 1. The molecule has 7 heteroatoms. The third kappa shape index (κ3) is 7.40. The van der Waals surface area contributed by atoms with Crippen LogP contribution in [0.2, 0.25) is 0 Å². The molecule has 0 heterocycles. The van der Waals surface area contributed by atoms with Gasteiger partial charge in [-0.3, -0.25) is 9.59 Å². The van der Waals surface area contributed by atoms with Crippen LogP contribution in [-0.4, -0.2) is 42.1 Å². The Morgan fingerprint density at radius 3 is 2.42 bits per heavy atom. The Balaban J connectivity index is 4.29. The molecule has 0 bridgehead atoms. The average molecular weight is 274 g/mol. The monoisotopic (exact) mass is 274 g/mol. The summed E-state index contributed by atoms with van der Waals surface area (Å²) in [5.41, 5.74) is 5.64. The predicted molar refractivity (Wildman–Crippen MR) is 68.3 cm³/mol. The van der Waals surface area contributed by atoms with Crippen molar-refractivity contribution in [3.63, 3.8) is 0 Å². The maximum absolute atomic E-state index is 11.7. The molecule has 110 valence electrons. The summed E-state index contributed by atoms with van der Waals surface area (Å²) >= 11 is 0. The van der Waals surface area contributed by atoms with Crippen LogP contribution in [0.3, 0.4) is 0 Å². The zero-order valence-corrected chi connectivity index (χ0v) is 11.3. The van der Waals surface area contributed by atoms with Crippen LogP contribution in [0.1, 0.15) is 39.0 Å². The highest BCUT2D eigenvalue weighted by Gasteiger charge is 2.23. The highest BCUT2D eigenvalue weighted by molar-refractivity contribution is 5.87. The zero-order valence-electron chi connectivity index (χ0n) is 11.3. The number of hydrogen-bond acceptors (Lipinski definition) is 5. The number of carboxylic acids is 1. The Kier molecular flexibility index (Phi) is 8.52. The molecule has 19 heavy (non-hydrogen) atoms. The molecule has 1 amide bonds. The van der Waals surface area contributed by atoms with Gasteiger partial charge in [-0.2, -0.15) is 0 Å². The average Bonchev–Trinajstić information content (AvgIpc) is 2.39. The summed E-state index contributed by atoms with van der Waals surface area (Å²) in [4.78, 5) is 33.6. The number of carbonyl (C=O) groups excluding carboxylic acids is 2. The SMILES string of the molecule is CCCCC(N)C(=O)N[C@@H](CCC(=O)OC)C(=O)O. The van der Waals surface area contributed by atoms with E-state index in [9.17, 15) is 14.4 Å². The lowest BCUT2D eigenvalue weighted by Crippen LogP contribution is -2.48. The van der Waals surface area contributed by atoms with Gasteiger partial charge in [-0.05, 0) is 12.8 Å². The van der Waals surface area contributed by atoms with Crippen LogP contribution in [0.4, 0.5) is 0 Å². The van der Waals surface area contributed by atoms with E-state index in [-0.39, 0.29) is 12.8 Å². The van der Waals surface area contributed by atoms with Crippen molar-refractivity contribution < 1.29 is 24.2 Å². The van der Waals surface area contributed by atoms with E-state index >= 15 is 0 Å². The number of ether oxygens (including phenoxy) is 1. The Morgan fingerprint density at radius 1 is 1.32 bits per heavy atom. The van der Waals surface area contributed by atoms with Gasteiger partial charge in [-0.15, -0.1) is 0 Å². The number of amides is 1. The van der Waals surface area contributed by atoms with Crippen molar-refractivity contribution in [2.24, 2.45) is 5.73 Å². The van der Waals surface area contributed by atoms with E-state index < -0.39 is 29.9 Å². The molecule has 2 atom stereocenters. The Hall–Kier alpha value is -1.63. The number of hydrogen-bond donors (Lipinski definition) is 3. The summed E-state index contributed by atoms with van der Waals surface area (Å²) in [5, 5.41) is 11.3.